The van der Waals surface area contributed by atoms with Gasteiger partial charge in [0.2, 0.25) is 5.91 Å². The highest BCUT2D eigenvalue weighted by Crippen LogP contribution is 2.38. The average Bonchev–Trinajstić information content (AvgIpc) is 2.73. The van der Waals surface area contributed by atoms with Gasteiger partial charge in [0.25, 0.3) is 0 Å². The van der Waals surface area contributed by atoms with E-state index < -0.39 is 23.7 Å². The predicted molar refractivity (Wildman–Crippen MR) is 124 cm³/mol. The first-order valence-electron chi connectivity index (χ1n) is 10.6. The predicted octanol–water partition coefficient (Wildman–Crippen LogP) is 4.06. The van der Waals surface area contributed by atoms with Gasteiger partial charge >= 0.3 is 6.09 Å². The average molecular weight is 469 g/mol. The Morgan fingerprint density at radius 2 is 1.97 bits per heavy atom. The molecule has 1 unspecified atom stereocenters. The standard InChI is InChI=1S/C24H25ClN4O4/c1-24(2,3)33-23(32)29-12-15(13-29)22(31)28-19(14-6-4-8-26-11-14)17-10-18(25)16-7-5-9-27-20(16)21(17)30/h4-11,15,19,30H,12-13H2,1-3H3,(H,28,31). The Hall–Kier alpha value is -3.39. The quantitative estimate of drug-likeness (QED) is 0.598. The number of aromatic hydroxyl groups is 1. The minimum absolute atomic E-state index is 0.0619. The van der Waals surface area contributed by atoms with Crippen LogP contribution in [0, 0.1) is 5.92 Å². The van der Waals surface area contributed by atoms with Crippen LogP contribution >= 0.6 is 11.6 Å². The van der Waals surface area contributed by atoms with Gasteiger partial charge < -0.3 is 20.1 Å². The van der Waals surface area contributed by atoms with E-state index in [0.717, 1.165) is 0 Å². The second kappa shape index (κ2) is 8.86. The van der Waals surface area contributed by atoms with Crippen molar-refractivity contribution < 1.29 is 19.4 Å². The van der Waals surface area contributed by atoms with E-state index in [1.807, 2.05) is 6.07 Å². The Kier molecular flexibility index (Phi) is 6.12. The molecule has 1 aromatic carbocycles. The highest BCUT2D eigenvalue weighted by Gasteiger charge is 2.39. The summed E-state index contributed by atoms with van der Waals surface area (Å²) < 4.78 is 5.35. The number of nitrogens with zero attached hydrogens (tertiary/aromatic N) is 3. The van der Waals surface area contributed by atoms with Crippen LogP contribution in [0.5, 0.6) is 5.75 Å². The number of benzene rings is 1. The lowest BCUT2D eigenvalue weighted by atomic mass is 9.94. The van der Waals surface area contributed by atoms with Crippen LogP contribution in [0.2, 0.25) is 5.02 Å². The molecule has 0 saturated carbocycles. The molecule has 1 aliphatic rings. The van der Waals surface area contributed by atoms with Gasteiger partial charge in [0.05, 0.1) is 17.0 Å². The number of rotatable bonds is 4. The van der Waals surface area contributed by atoms with Crippen LogP contribution in [-0.4, -0.2) is 50.7 Å². The molecule has 1 atom stereocenters. The van der Waals surface area contributed by atoms with Crippen molar-refractivity contribution in [1.29, 1.82) is 0 Å². The topological polar surface area (TPSA) is 105 Å². The van der Waals surface area contributed by atoms with Gasteiger partial charge in [0.15, 0.2) is 0 Å². The van der Waals surface area contributed by atoms with Crippen LogP contribution in [-0.2, 0) is 9.53 Å². The Balaban J connectivity index is 1.58. The van der Waals surface area contributed by atoms with Gasteiger partial charge in [0, 0.05) is 42.6 Å². The molecule has 0 radical (unpaired) electrons. The normalized spacial score (nSPS) is 15.1. The zero-order valence-electron chi connectivity index (χ0n) is 18.6. The van der Waals surface area contributed by atoms with Crippen LogP contribution in [0.25, 0.3) is 10.9 Å². The highest BCUT2D eigenvalue weighted by molar-refractivity contribution is 6.35. The van der Waals surface area contributed by atoms with Crippen LogP contribution < -0.4 is 5.32 Å². The summed E-state index contributed by atoms with van der Waals surface area (Å²) in [5.41, 5.74) is 0.839. The van der Waals surface area contributed by atoms with Crippen LogP contribution in [0.4, 0.5) is 4.79 Å². The molecule has 1 saturated heterocycles. The molecule has 1 aliphatic heterocycles. The third kappa shape index (κ3) is 4.85. The van der Waals surface area contributed by atoms with Crippen LogP contribution in [0.15, 0.2) is 48.9 Å². The van der Waals surface area contributed by atoms with Crippen molar-refractivity contribution in [2.75, 3.05) is 13.1 Å². The molecule has 2 N–H and O–H groups in total. The fraction of sp³-hybridized carbons (Fsp3) is 0.333. The van der Waals surface area contributed by atoms with Crippen molar-refractivity contribution in [3.05, 3.63) is 65.1 Å². The second-order valence-corrected chi connectivity index (χ2v) is 9.41. The molecule has 9 heteroatoms. The molecule has 2 aromatic heterocycles. The number of phenolic OH excluding ortho intramolecular Hbond substituents is 1. The number of nitrogens with one attached hydrogen (secondary N) is 1. The molecule has 33 heavy (non-hydrogen) atoms. The third-order valence-corrected chi connectivity index (χ3v) is 5.68. The summed E-state index contributed by atoms with van der Waals surface area (Å²) in [7, 11) is 0. The summed E-state index contributed by atoms with van der Waals surface area (Å²) in [4.78, 5) is 35.1. The SMILES string of the molecule is CC(C)(C)OC(=O)N1CC(C(=O)NC(c2cccnc2)c2cc(Cl)c3cccnc3c2O)C1. The van der Waals surface area contributed by atoms with Crippen molar-refractivity contribution >= 4 is 34.5 Å². The fourth-order valence-corrected chi connectivity index (χ4v) is 3.96. The molecular formula is C24H25ClN4O4. The van der Waals surface area contributed by atoms with Crippen molar-refractivity contribution in [2.24, 2.45) is 5.92 Å². The first-order valence-corrected chi connectivity index (χ1v) is 11.0. The Morgan fingerprint density at radius 3 is 2.64 bits per heavy atom. The molecule has 0 bridgehead atoms. The number of pyridine rings is 2. The second-order valence-electron chi connectivity index (χ2n) is 9.01. The van der Waals surface area contributed by atoms with Crippen LogP contribution in [0.3, 0.4) is 0 Å². The summed E-state index contributed by atoms with van der Waals surface area (Å²) in [5.74, 6) is -0.707. The number of phenols is 1. The lowest BCUT2D eigenvalue weighted by Crippen LogP contribution is -2.57. The van der Waals surface area contributed by atoms with Gasteiger partial charge in [-0.1, -0.05) is 17.7 Å². The van der Waals surface area contributed by atoms with Gasteiger partial charge in [-0.2, -0.15) is 0 Å². The molecule has 0 aliphatic carbocycles. The van der Waals surface area contributed by atoms with E-state index in [1.165, 1.54) is 4.90 Å². The largest absolute Gasteiger partial charge is 0.505 e. The number of hydrogen-bond acceptors (Lipinski definition) is 6. The lowest BCUT2D eigenvalue weighted by Gasteiger charge is -2.39. The molecule has 3 aromatic rings. The van der Waals surface area contributed by atoms with Crippen LogP contribution in [0.1, 0.15) is 37.9 Å². The fourth-order valence-electron chi connectivity index (χ4n) is 3.69. The van der Waals surface area contributed by atoms with E-state index in [4.69, 9.17) is 16.3 Å². The van der Waals surface area contributed by atoms with Gasteiger partial charge in [0.1, 0.15) is 16.9 Å². The Morgan fingerprint density at radius 1 is 1.24 bits per heavy atom. The maximum atomic E-state index is 13.1. The summed E-state index contributed by atoms with van der Waals surface area (Å²) in [6.07, 6.45) is 4.37. The van der Waals surface area contributed by atoms with Gasteiger partial charge in [-0.05, 0) is 50.6 Å². The van der Waals surface area contributed by atoms with Crippen molar-refractivity contribution in [2.45, 2.75) is 32.4 Å². The number of ether oxygens (including phenoxy) is 1. The van der Waals surface area contributed by atoms with Crippen molar-refractivity contribution in [1.82, 2.24) is 20.2 Å². The summed E-state index contributed by atoms with van der Waals surface area (Å²) in [6.45, 7) is 5.90. The molecule has 8 nitrogen and oxygen atoms in total. The highest BCUT2D eigenvalue weighted by atomic mass is 35.5. The lowest BCUT2D eigenvalue weighted by molar-refractivity contribution is -0.130. The van der Waals surface area contributed by atoms with Gasteiger partial charge in [-0.25, -0.2) is 4.79 Å². The summed E-state index contributed by atoms with van der Waals surface area (Å²) in [6, 6.07) is 7.99. The molecule has 2 amide bonds. The number of aromatic nitrogens is 2. The van der Waals surface area contributed by atoms with Gasteiger partial charge in [-0.15, -0.1) is 0 Å². The molecule has 0 spiro atoms. The van der Waals surface area contributed by atoms with Crippen molar-refractivity contribution in [3.63, 3.8) is 0 Å². The third-order valence-electron chi connectivity index (χ3n) is 5.36. The van der Waals surface area contributed by atoms with E-state index >= 15 is 0 Å². The zero-order chi connectivity index (χ0) is 23.8. The number of amides is 2. The number of fused-ring (bicyclic) bond motifs is 1. The smallest absolute Gasteiger partial charge is 0.410 e. The molecule has 3 heterocycles. The summed E-state index contributed by atoms with van der Waals surface area (Å²) >= 11 is 6.47. The number of likely N-dealkylation sites (tertiary alicyclic amines) is 1. The van der Waals surface area contributed by atoms with Crippen molar-refractivity contribution in [3.8, 4) is 5.75 Å². The maximum absolute atomic E-state index is 13.1. The summed E-state index contributed by atoms with van der Waals surface area (Å²) in [5, 5.41) is 15.0. The minimum atomic E-state index is -0.703. The first-order chi connectivity index (χ1) is 15.6. The maximum Gasteiger partial charge on any atom is 0.410 e. The molecule has 172 valence electrons. The monoisotopic (exact) mass is 468 g/mol. The number of hydrogen-bond donors (Lipinski definition) is 2. The molecular weight excluding hydrogens is 444 g/mol. The Labute approximate surface area is 196 Å². The van der Waals surface area contributed by atoms with E-state index in [0.29, 0.717) is 27.1 Å². The van der Waals surface area contributed by atoms with E-state index in [-0.39, 0.29) is 24.7 Å². The minimum Gasteiger partial charge on any atom is -0.505 e. The van der Waals surface area contributed by atoms with E-state index in [2.05, 4.69) is 15.3 Å². The zero-order valence-corrected chi connectivity index (χ0v) is 19.3. The van der Waals surface area contributed by atoms with E-state index in [9.17, 15) is 14.7 Å². The number of halogens is 1. The van der Waals surface area contributed by atoms with E-state index in [1.54, 1.807) is 63.6 Å². The number of carbonyl (C=O) groups excluding carboxylic acids is 2. The number of carbonyl (C=O) groups is 2. The molecule has 1 fully saturated rings. The first kappa shape index (κ1) is 22.8. The van der Waals surface area contributed by atoms with Gasteiger partial charge in [-0.3, -0.25) is 14.8 Å². The Bertz CT molecular complexity index is 1190. The molecule has 4 rings (SSSR count).